The zero-order valence-corrected chi connectivity index (χ0v) is 5.89. The molecule has 0 atom stereocenters. The van der Waals surface area contributed by atoms with Crippen LogP contribution in [-0.2, 0) is 14.3 Å². The second kappa shape index (κ2) is 6.57. The standard InChI is InChI=1S/C5H8O3S.K.H/c1-3-5-8-9(6,7)4-2;;/h3-5H,2H2,1H3;;. The van der Waals surface area contributed by atoms with Gasteiger partial charge in [-0.3, -0.25) is 0 Å². The molecule has 0 fully saturated rings. The molecule has 0 saturated carbocycles. The third-order valence-electron chi connectivity index (χ3n) is 0.530. The van der Waals surface area contributed by atoms with Gasteiger partial charge in [-0.15, -0.1) is 0 Å². The normalized spacial score (nSPS) is 10.5. The van der Waals surface area contributed by atoms with Crippen molar-refractivity contribution in [2.75, 3.05) is 0 Å². The Hall–Kier alpha value is 0.866. The van der Waals surface area contributed by atoms with Gasteiger partial charge in [-0.25, -0.2) is 0 Å². The summed E-state index contributed by atoms with van der Waals surface area (Å²) >= 11 is 0. The van der Waals surface area contributed by atoms with Crippen LogP contribution in [-0.4, -0.2) is 59.8 Å². The van der Waals surface area contributed by atoms with Gasteiger partial charge in [0.2, 0.25) is 0 Å². The van der Waals surface area contributed by atoms with Crippen molar-refractivity contribution in [3.05, 3.63) is 24.3 Å². The Kier molecular flexibility index (Phi) is 8.84. The molecular formula is C5H9KO3S. The fourth-order valence-corrected chi connectivity index (χ4v) is 0.517. The summed E-state index contributed by atoms with van der Waals surface area (Å²) in [6.45, 7) is 4.69. The van der Waals surface area contributed by atoms with E-state index in [4.69, 9.17) is 0 Å². The molecule has 54 valence electrons. The summed E-state index contributed by atoms with van der Waals surface area (Å²) in [5, 5.41) is 0.743. The predicted molar refractivity (Wildman–Crippen MR) is 42.2 cm³/mol. The van der Waals surface area contributed by atoms with Gasteiger partial charge in [0.15, 0.2) is 0 Å². The number of rotatable bonds is 3. The van der Waals surface area contributed by atoms with E-state index in [2.05, 4.69) is 10.8 Å². The Morgan fingerprint density at radius 3 is 2.30 bits per heavy atom. The minimum absolute atomic E-state index is 0. The van der Waals surface area contributed by atoms with Gasteiger partial charge in [0, 0.05) is 0 Å². The molecule has 0 N–H and O–H groups in total. The summed E-state index contributed by atoms with van der Waals surface area (Å²) < 4.78 is 24.9. The number of hydrogen-bond acceptors (Lipinski definition) is 3. The van der Waals surface area contributed by atoms with Crippen LogP contribution in [0.15, 0.2) is 24.3 Å². The molecular weight excluding hydrogens is 179 g/mol. The van der Waals surface area contributed by atoms with E-state index in [1.54, 1.807) is 6.92 Å². The van der Waals surface area contributed by atoms with Crippen LogP contribution in [0.5, 0.6) is 0 Å². The van der Waals surface area contributed by atoms with Crippen molar-refractivity contribution in [2.24, 2.45) is 0 Å². The predicted octanol–water partition coefficient (Wildman–Crippen LogP) is 0.361. The first-order valence-electron chi connectivity index (χ1n) is 2.29. The molecule has 0 unspecified atom stereocenters. The molecule has 0 aromatic rings. The molecule has 0 amide bonds. The van der Waals surface area contributed by atoms with E-state index < -0.39 is 10.1 Å². The summed E-state index contributed by atoms with van der Waals surface area (Å²) in [7, 11) is -3.50. The Morgan fingerprint density at radius 1 is 1.50 bits per heavy atom. The van der Waals surface area contributed by atoms with Gasteiger partial charge in [0.1, 0.15) is 6.26 Å². The Morgan fingerprint density at radius 2 is 2.00 bits per heavy atom. The fraction of sp³-hybridized carbons (Fsp3) is 0.200. The third kappa shape index (κ3) is 6.98. The van der Waals surface area contributed by atoms with Crippen molar-refractivity contribution in [1.82, 2.24) is 0 Å². The van der Waals surface area contributed by atoms with Crippen LogP contribution in [0.25, 0.3) is 0 Å². The minimum atomic E-state index is -3.50. The average Bonchev–Trinajstić information content (AvgIpc) is 1.84. The Bertz CT molecular complexity index is 205. The molecule has 0 rings (SSSR count). The van der Waals surface area contributed by atoms with Gasteiger partial charge in [-0.2, -0.15) is 8.42 Å². The molecule has 10 heavy (non-hydrogen) atoms. The Balaban J connectivity index is 0. The van der Waals surface area contributed by atoms with Crippen LogP contribution < -0.4 is 0 Å². The van der Waals surface area contributed by atoms with Crippen molar-refractivity contribution in [3.63, 3.8) is 0 Å². The van der Waals surface area contributed by atoms with E-state index in [0.29, 0.717) is 0 Å². The van der Waals surface area contributed by atoms with Crippen LogP contribution in [0.1, 0.15) is 6.92 Å². The SMILES string of the molecule is C=CS(=O)(=O)OC=CC.[KH]. The molecule has 0 aliphatic heterocycles. The van der Waals surface area contributed by atoms with Gasteiger partial charge in [-0.05, 0) is 6.92 Å². The van der Waals surface area contributed by atoms with Gasteiger partial charge < -0.3 is 4.18 Å². The first-order chi connectivity index (χ1) is 4.12. The molecule has 0 radical (unpaired) electrons. The van der Waals surface area contributed by atoms with E-state index in [-0.39, 0.29) is 51.4 Å². The molecule has 0 aromatic heterocycles. The maximum absolute atomic E-state index is 10.4. The topological polar surface area (TPSA) is 43.4 Å². The summed E-state index contributed by atoms with van der Waals surface area (Å²) in [4.78, 5) is 0. The van der Waals surface area contributed by atoms with E-state index in [9.17, 15) is 8.42 Å². The second-order valence-corrected chi connectivity index (χ2v) is 2.74. The van der Waals surface area contributed by atoms with Crippen molar-refractivity contribution in [2.45, 2.75) is 6.92 Å². The summed E-state index contributed by atoms with van der Waals surface area (Å²) in [5.41, 5.74) is 0. The molecule has 3 nitrogen and oxygen atoms in total. The molecule has 0 spiro atoms. The van der Waals surface area contributed by atoms with Gasteiger partial charge in [0.25, 0.3) is 0 Å². The van der Waals surface area contributed by atoms with Crippen LogP contribution in [0.3, 0.4) is 0 Å². The van der Waals surface area contributed by atoms with Crippen LogP contribution in [0.2, 0.25) is 0 Å². The van der Waals surface area contributed by atoms with Crippen LogP contribution >= 0.6 is 0 Å². The maximum atomic E-state index is 10.4. The van der Waals surface area contributed by atoms with E-state index in [1.807, 2.05) is 0 Å². The number of hydrogen-bond donors (Lipinski definition) is 0. The molecule has 0 aliphatic rings. The van der Waals surface area contributed by atoms with Crippen molar-refractivity contribution in [1.29, 1.82) is 0 Å². The Labute approximate surface area is 104 Å². The van der Waals surface area contributed by atoms with Crippen molar-refractivity contribution in [3.8, 4) is 0 Å². The molecule has 5 heteroatoms. The first-order valence-corrected chi connectivity index (χ1v) is 3.76. The van der Waals surface area contributed by atoms with Gasteiger partial charge >= 0.3 is 61.5 Å². The van der Waals surface area contributed by atoms with E-state index in [1.165, 1.54) is 6.08 Å². The third-order valence-corrected chi connectivity index (χ3v) is 1.32. The molecule has 0 heterocycles. The monoisotopic (exact) mass is 188 g/mol. The summed E-state index contributed by atoms with van der Waals surface area (Å²) in [5.74, 6) is 0. The van der Waals surface area contributed by atoms with Gasteiger partial charge in [-0.1, -0.05) is 12.7 Å². The van der Waals surface area contributed by atoms with Crippen LogP contribution in [0, 0.1) is 0 Å². The zero-order chi connectivity index (χ0) is 7.33. The summed E-state index contributed by atoms with van der Waals surface area (Å²) in [6, 6.07) is 0. The van der Waals surface area contributed by atoms with Crippen molar-refractivity contribution < 1.29 is 12.6 Å². The quantitative estimate of drug-likeness (QED) is 0.365. The fourth-order valence-electron chi connectivity index (χ4n) is 0.172. The van der Waals surface area contributed by atoms with E-state index >= 15 is 0 Å². The van der Waals surface area contributed by atoms with Gasteiger partial charge in [0.05, 0.1) is 5.41 Å². The number of allylic oxidation sites excluding steroid dienone is 1. The van der Waals surface area contributed by atoms with E-state index in [0.717, 1.165) is 11.7 Å². The first kappa shape index (κ1) is 13.5. The van der Waals surface area contributed by atoms with Crippen LogP contribution in [0.4, 0.5) is 0 Å². The molecule has 0 aliphatic carbocycles. The van der Waals surface area contributed by atoms with Crippen molar-refractivity contribution >= 4 is 61.5 Å². The second-order valence-electron chi connectivity index (χ2n) is 1.23. The zero-order valence-electron chi connectivity index (χ0n) is 5.07. The molecule has 0 aromatic carbocycles. The molecule has 0 saturated heterocycles. The summed E-state index contributed by atoms with van der Waals surface area (Å²) in [6.07, 6.45) is 2.55. The molecule has 0 bridgehead atoms. The average molecular weight is 188 g/mol.